The maximum Gasteiger partial charge on any atom is 0.338 e. The number of aliphatic hydroxyl groups is 6. The van der Waals surface area contributed by atoms with Crippen LogP contribution in [0.2, 0.25) is 0 Å². The van der Waals surface area contributed by atoms with Gasteiger partial charge >= 0.3 is 35.8 Å². The molecule has 7 fully saturated rings. The first-order valence-corrected chi connectivity index (χ1v) is 21.9. The Hall–Kier alpha value is -7.74. The Balaban J connectivity index is 0.000000158. The number of aliphatic hydroxyl groups excluding tert-OH is 3. The van der Waals surface area contributed by atoms with E-state index in [2.05, 4.69) is 0 Å². The van der Waals surface area contributed by atoms with Gasteiger partial charge in [0.2, 0.25) is 0 Å². The molecular weight excluding hydrogens is 961 g/mol. The molecule has 3 aromatic rings. The number of rotatable bonds is 9. The molecule has 12 unspecified atom stereocenters. The number of carbonyl (C=O) groups excluding carboxylic acids is 6. The fraction of sp³-hybridized carbons (Fsp3) is 0.375. The number of ether oxygens (including phenoxy) is 6. The summed E-state index contributed by atoms with van der Waals surface area (Å²) < 4.78 is 30.1. The van der Waals surface area contributed by atoms with Crippen LogP contribution in [0.3, 0.4) is 0 Å². The largest absolute Gasteiger partial charge is 0.504 e. The molecule has 0 aromatic heterocycles. The summed E-state index contributed by atoms with van der Waals surface area (Å²) in [5, 5.41) is 116. The molecule has 24 nitrogen and oxygen atoms in total. The first-order chi connectivity index (χ1) is 33.8. The smallest absolute Gasteiger partial charge is 0.338 e. The summed E-state index contributed by atoms with van der Waals surface area (Å²) in [6, 6.07) is 12.0. The molecule has 7 aliphatic rings. The molecule has 0 radical (unpaired) electrons. The molecule has 3 aromatic carbocycles. The lowest BCUT2D eigenvalue weighted by molar-refractivity contribution is -0.243. The highest BCUT2D eigenvalue weighted by molar-refractivity contribution is 5.89. The SMILES string of the molecule is O=C(/C=C/c1ccc(O)c(O)c1)OC1C(O)CC2(O)CC1OC2=O.O=C(/C=C/c1ccc(O)c(O)c1)OC1CC2(O)CC(O)C1OC2=O.O=C(/C=C/c1ccc(O)c(O)c1)OC1CC2(O)CC(OC2=O)C1O. The van der Waals surface area contributed by atoms with Crippen molar-refractivity contribution in [3.8, 4) is 34.5 Å². The van der Waals surface area contributed by atoms with E-state index in [1.165, 1.54) is 72.8 Å². The minimum Gasteiger partial charge on any atom is -0.504 e. The van der Waals surface area contributed by atoms with Gasteiger partial charge in [0.1, 0.15) is 30.5 Å². The van der Waals surface area contributed by atoms with Crippen molar-refractivity contribution in [3.05, 3.63) is 89.5 Å². The molecule has 10 rings (SSSR count). The van der Waals surface area contributed by atoms with E-state index in [1.807, 2.05) is 0 Å². The van der Waals surface area contributed by atoms with Crippen LogP contribution in [0.1, 0.15) is 55.2 Å². The van der Waals surface area contributed by atoms with E-state index >= 15 is 0 Å². The number of esters is 6. The predicted octanol–water partition coefficient (Wildman–Crippen LogP) is -0.498. The van der Waals surface area contributed by atoms with E-state index in [-0.39, 0.29) is 73.0 Å². The van der Waals surface area contributed by atoms with Crippen LogP contribution in [-0.2, 0) is 57.2 Å². The van der Waals surface area contributed by atoms with Gasteiger partial charge in [0, 0.05) is 56.8 Å². The summed E-state index contributed by atoms with van der Waals surface area (Å²) in [7, 11) is 0. The van der Waals surface area contributed by atoms with Crippen LogP contribution >= 0.6 is 0 Å². The molecule has 0 spiro atoms. The monoisotopic (exact) mass is 1010 g/mol. The van der Waals surface area contributed by atoms with Crippen LogP contribution in [0.5, 0.6) is 34.5 Å². The molecular formula is C48H48O24. The second-order valence-corrected chi connectivity index (χ2v) is 17.8. The summed E-state index contributed by atoms with van der Waals surface area (Å²) in [5.41, 5.74) is -3.94. The molecule has 4 aliphatic heterocycles. The first-order valence-electron chi connectivity index (χ1n) is 21.9. The molecule has 3 saturated carbocycles. The zero-order valence-corrected chi connectivity index (χ0v) is 37.4. The second-order valence-electron chi connectivity index (χ2n) is 17.8. The van der Waals surface area contributed by atoms with Gasteiger partial charge in [-0.05, 0) is 71.3 Å². The van der Waals surface area contributed by atoms with Gasteiger partial charge in [0.05, 0.1) is 12.2 Å². The molecule has 12 atom stereocenters. The number of phenols is 6. The van der Waals surface area contributed by atoms with Crippen molar-refractivity contribution in [2.45, 2.75) is 110 Å². The molecule has 4 saturated heterocycles. The lowest BCUT2D eigenvalue weighted by Gasteiger charge is -2.47. The molecule has 72 heavy (non-hydrogen) atoms. The van der Waals surface area contributed by atoms with E-state index in [1.54, 1.807) is 0 Å². The first kappa shape index (κ1) is 52.1. The van der Waals surface area contributed by atoms with Crippen LogP contribution < -0.4 is 0 Å². The number of phenolic OH excluding ortho intramolecular Hbond substituents is 6. The second kappa shape index (κ2) is 20.5. The number of hydrogen-bond acceptors (Lipinski definition) is 24. The summed E-state index contributed by atoms with van der Waals surface area (Å²) >= 11 is 0. The number of aromatic hydroxyl groups is 6. The average Bonchev–Trinajstić information content (AvgIpc) is 3.72. The van der Waals surface area contributed by atoms with Gasteiger partial charge in [-0.2, -0.15) is 0 Å². The highest BCUT2D eigenvalue weighted by atomic mass is 16.6. The fourth-order valence-corrected chi connectivity index (χ4v) is 8.67. The van der Waals surface area contributed by atoms with Crippen LogP contribution in [0.4, 0.5) is 0 Å². The summed E-state index contributed by atoms with van der Waals surface area (Å²) in [6.07, 6.45) is -2.87. The average molecular weight is 1010 g/mol. The van der Waals surface area contributed by atoms with E-state index in [0.717, 1.165) is 18.2 Å². The number of fused-ring (bicyclic) bond motifs is 7. The lowest BCUT2D eigenvalue weighted by Crippen LogP contribution is -2.65. The van der Waals surface area contributed by atoms with Gasteiger partial charge in [0.25, 0.3) is 0 Å². The maximum absolute atomic E-state index is 11.9. The zero-order chi connectivity index (χ0) is 52.4. The predicted molar refractivity (Wildman–Crippen MR) is 236 cm³/mol. The highest BCUT2D eigenvalue weighted by Gasteiger charge is 2.61. The minimum atomic E-state index is -1.84. The number of carbonyl (C=O) groups is 6. The van der Waals surface area contributed by atoms with Crippen molar-refractivity contribution in [3.63, 3.8) is 0 Å². The van der Waals surface area contributed by atoms with E-state index in [4.69, 9.17) is 28.4 Å². The van der Waals surface area contributed by atoms with Gasteiger partial charge in [-0.3, -0.25) is 0 Å². The molecule has 12 N–H and O–H groups in total. The normalized spacial score (nSPS) is 31.9. The summed E-state index contributed by atoms with van der Waals surface area (Å²) in [4.78, 5) is 70.3. The van der Waals surface area contributed by atoms with Gasteiger partial charge in [-0.15, -0.1) is 0 Å². The molecule has 6 bridgehead atoms. The Morgan fingerprint density at radius 3 is 1.32 bits per heavy atom. The Morgan fingerprint density at radius 1 is 0.472 bits per heavy atom. The Labute approximate surface area is 406 Å². The Morgan fingerprint density at radius 2 is 0.847 bits per heavy atom. The van der Waals surface area contributed by atoms with Gasteiger partial charge in [-0.25, -0.2) is 28.8 Å². The quantitative estimate of drug-likeness (QED) is 0.0556. The fourth-order valence-electron chi connectivity index (χ4n) is 8.67. The summed E-state index contributed by atoms with van der Waals surface area (Å²) in [5.74, 6) is -6.61. The molecule has 4 heterocycles. The molecule has 384 valence electrons. The molecule has 24 heteroatoms. The third-order valence-electron chi connectivity index (χ3n) is 12.4. The van der Waals surface area contributed by atoms with Gasteiger partial charge < -0.3 is 89.7 Å². The van der Waals surface area contributed by atoms with Crippen molar-refractivity contribution in [2.24, 2.45) is 0 Å². The van der Waals surface area contributed by atoms with E-state index in [0.29, 0.717) is 16.7 Å². The van der Waals surface area contributed by atoms with Crippen molar-refractivity contribution < 1.29 is 118 Å². The van der Waals surface area contributed by atoms with Crippen molar-refractivity contribution in [1.82, 2.24) is 0 Å². The van der Waals surface area contributed by atoms with E-state index in [9.17, 15) is 90.0 Å². The van der Waals surface area contributed by atoms with Crippen LogP contribution in [0.25, 0.3) is 18.2 Å². The molecule has 0 amide bonds. The minimum absolute atomic E-state index is 0.0241. The molecule has 3 aliphatic carbocycles. The van der Waals surface area contributed by atoms with Crippen molar-refractivity contribution >= 4 is 54.0 Å². The maximum atomic E-state index is 11.9. The standard InChI is InChI=1S/3C16H16O8/c17-9-3-1-8(5-10(9)18)2-4-13(19)23-11-6-16(22)7-12(14(11)20)24-15(16)21;17-9-3-1-8(5-10(9)18)2-4-13(20)24-14-11(19)6-16(22)7-12(14)23-15(16)21;17-9-3-1-8(5-10(9)18)2-4-13(20)23-12-7-16(22)6-11(19)14(12)24-15(16)21/h1-5,11-12,14,17-18,20,22H,6-7H2;2*1-5,11-12,14,17-19,22H,6-7H2/b3*4-2+. The van der Waals surface area contributed by atoms with Crippen LogP contribution in [-0.4, -0.2) is 169 Å². The van der Waals surface area contributed by atoms with Crippen LogP contribution in [0.15, 0.2) is 72.8 Å². The third kappa shape index (κ3) is 11.5. The number of hydrogen-bond donors (Lipinski definition) is 12. The topological polar surface area (TPSA) is 401 Å². The number of benzene rings is 3. The van der Waals surface area contributed by atoms with Gasteiger partial charge in [-0.1, -0.05) is 18.2 Å². The van der Waals surface area contributed by atoms with Crippen LogP contribution in [0, 0.1) is 0 Å². The highest BCUT2D eigenvalue weighted by Crippen LogP contribution is 2.42. The zero-order valence-electron chi connectivity index (χ0n) is 37.4. The van der Waals surface area contributed by atoms with Crippen molar-refractivity contribution in [1.29, 1.82) is 0 Å². The Bertz CT molecular complexity index is 2640. The lowest BCUT2D eigenvalue weighted by atomic mass is 9.76. The van der Waals surface area contributed by atoms with E-state index < -0.39 is 108 Å². The third-order valence-corrected chi connectivity index (χ3v) is 12.4. The Kier molecular flexibility index (Phi) is 14.9. The van der Waals surface area contributed by atoms with Gasteiger partial charge in [0.15, 0.2) is 63.5 Å². The summed E-state index contributed by atoms with van der Waals surface area (Å²) in [6.45, 7) is 0. The van der Waals surface area contributed by atoms with Crippen molar-refractivity contribution in [2.75, 3.05) is 0 Å².